The maximum atomic E-state index is 10.2. The van der Waals surface area contributed by atoms with Gasteiger partial charge in [-0.2, -0.15) is 0 Å². The minimum absolute atomic E-state index is 0.257. The summed E-state index contributed by atoms with van der Waals surface area (Å²) < 4.78 is 0. The molecule has 0 radical (unpaired) electrons. The lowest BCUT2D eigenvalue weighted by atomic mass is 9.96. The molecular formula is C21H33NOSi. The van der Waals surface area contributed by atoms with E-state index < -0.39 is 8.80 Å². The zero-order valence-electron chi connectivity index (χ0n) is 16.1. The third-order valence-corrected chi connectivity index (χ3v) is 6.00. The maximum Gasteiger partial charge on any atom is 0.222 e. The molecule has 1 amide bonds. The largest absolute Gasteiger partial charge is 0.369 e. The third-order valence-electron chi connectivity index (χ3n) is 3.78. The van der Waals surface area contributed by atoms with Crippen LogP contribution in [0.3, 0.4) is 0 Å². The molecule has 0 spiro atoms. The first-order valence-corrected chi connectivity index (χ1v) is 11.3. The molecule has 1 unspecified atom stereocenters. The first kappa shape index (κ1) is 22.1. The molecule has 1 aromatic carbocycles. The van der Waals surface area contributed by atoms with E-state index in [2.05, 4.69) is 63.5 Å². The standard InChI is InChI=1S/C12H16Si.C5H11NO.C4H6/c1-9-8-10-6-4-5-7-11(10)12(9)13(2)3;1-5(2,3)4(6)7;1-3-4-2/h4-8,12-13H,1-3H3;1-3H3,(H2,6,7);3-4H,1-2H2. The van der Waals surface area contributed by atoms with Crippen LogP contribution in [0.25, 0.3) is 6.08 Å². The monoisotopic (exact) mass is 343 g/mol. The summed E-state index contributed by atoms with van der Waals surface area (Å²) in [5.74, 6) is -0.257. The van der Waals surface area contributed by atoms with Crippen molar-refractivity contribution >= 4 is 20.8 Å². The number of amides is 1. The van der Waals surface area contributed by atoms with Gasteiger partial charge >= 0.3 is 0 Å². The summed E-state index contributed by atoms with van der Waals surface area (Å²) in [5, 5.41) is 0. The Kier molecular flexibility index (Phi) is 9.30. The molecule has 2 N–H and O–H groups in total. The second kappa shape index (κ2) is 10.1. The van der Waals surface area contributed by atoms with E-state index in [0.717, 1.165) is 5.54 Å². The van der Waals surface area contributed by atoms with E-state index in [1.807, 2.05) is 0 Å². The van der Waals surface area contributed by atoms with E-state index in [1.165, 1.54) is 5.56 Å². The van der Waals surface area contributed by atoms with Crippen molar-refractivity contribution in [3.8, 4) is 0 Å². The van der Waals surface area contributed by atoms with Crippen molar-refractivity contribution in [1.29, 1.82) is 0 Å². The number of carbonyl (C=O) groups is 1. The number of hydrogen-bond acceptors (Lipinski definition) is 1. The molecular weight excluding hydrogens is 310 g/mol. The highest BCUT2D eigenvalue weighted by atomic mass is 28.3. The smallest absolute Gasteiger partial charge is 0.222 e. The van der Waals surface area contributed by atoms with Crippen molar-refractivity contribution in [2.75, 3.05) is 0 Å². The molecule has 0 bridgehead atoms. The highest BCUT2D eigenvalue weighted by Gasteiger charge is 2.24. The molecule has 1 atom stereocenters. The average molecular weight is 344 g/mol. The van der Waals surface area contributed by atoms with Gasteiger partial charge in [-0.05, 0) is 23.6 Å². The van der Waals surface area contributed by atoms with E-state index in [4.69, 9.17) is 5.73 Å². The van der Waals surface area contributed by atoms with Crippen LogP contribution in [-0.4, -0.2) is 14.7 Å². The molecule has 2 nitrogen and oxygen atoms in total. The lowest BCUT2D eigenvalue weighted by Crippen LogP contribution is -2.27. The Balaban J connectivity index is 0.000000408. The third kappa shape index (κ3) is 7.13. The van der Waals surface area contributed by atoms with Gasteiger partial charge in [0.05, 0.1) is 0 Å². The van der Waals surface area contributed by atoms with Gasteiger partial charge in [0.25, 0.3) is 0 Å². The molecule has 2 rings (SSSR count). The number of nitrogens with two attached hydrogens (primary N) is 1. The summed E-state index contributed by atoms with van der Waals surface area (Å²) in [4.78, 5) is 10.2. The number of carbonyl (C=O) groups excluding carboxylic acids is 1. The Morgan fingerprint density at radius 2 is 1.62 bits per heavy atom. The van der Waals surface area contributed by atoms with E-state index >= 15 is 0 Å². The molecule has 1 aliphatic rings. The van der Waals surface area contributed by atoms with Crippen LogP contribution >= 0.6 is 0 Å². The lowest BCUT2D eigenvalue weighted by Gasteiger charge is -2.17. The zero-order chi connectivity index (χ0) is 18.9. The molecule has 0 saturated heterocycles. The van der Waals surface area contributed by atoms with Crippen LogP contribution in [0.5, 0.6) is 0 Å². The highest BCUT2D eigenvalue weighted by Crippen LogP contribution is 2.37. The molecule has 0 fully saturated rings. The quantitative estimate of drug-likeness (QED) is 0.590. The highest BCUT2D eigenvalue weighted by molar-refractivity contribution is 6.58. The summed E-state index contributed by atoms with van der Waals surface area (Å²) in [5.41, 5.74) is 9.95. The lowest BCUT2D eigenvalue weighted by molar-refractivity contribution is -0.125. The van der Waals surface area contributed by atoms with Crippen LogP contribution in [-0.2, 0) is 4.79 Å². The van der Waals surface area contributed by atoms with Crippen molar-refractivity contribution in [3.63, 3.8) is 0 Å². The van der Waals surface area contributed by atoms with Crippen LogP contribution in [0.1, 0.15) is 44.4 Å². The molecule has 0 heterocycles. The number of primary amides is 1. The van der Waals surface area contributed by atoms with Crippen LogP contribution in [0.15, 0.2) is 55.1 Å². The van der Waals surface area contributed by atoms with Crippen molar-refractivity contribution in [2.24, 2.45) is 11.1 Å². The number of benzene rings is 1. The van der Waals surface area contributed by atoms with E-state index in [9.17, 15) is 4.79 Å². The van der Waals surface area contributed by atoms with Crippen molar-refractivity contribution in [3.05, 3.63) is 66.3 Å². The number of hydrogen-bond donors (Lipinski definition) is 1. The summed E-state index contributed by atoms with van der Waals surface area (Å²) in [6, 6.07) is 8.82. The van der Waals surface area contributed by atoms with Crippen molar-refractivity contribution in [2.45, 2.75) is 46.3 Å². The molecule has 132 valence electrons. The minimum Gasteiger partial charge on any atom is -0.369 e. The molecule has 1 aromatic rings. The second-order valence-electron chi connectivity index (χ2n) is 7.32. The fourth-order valence-electron chi connectivity index (χ4n) is 2.39. The molecule has 3 heteroatoms. The van der Waals surface area contributed by atoms with E-state index in [-0.39, 0.29) is 11.3 Å². The number of fused-ring (bicyclic) bond motifs is 1. The Morgan fingerprint density at radius 1 is 1.17 bits per heavy atom. The van der Waals surface area contributed by atoms with Crippen molar-refractivity contribution < 1.29 is 4.79 Å². The van der Waals surface area contributed by atoms with Gasteiger partial charge in [0.15, 0.2) is 0 Å². The molecule has 0 aliphatic heterocycles. The Labute approximate surface area is 149 Å². The summed E-state index contributed by atoms with van der Waals surface area (Å²) >= 11 is 0. The van der Waals surface area contributed by atoms with Crippen molar-refractivity contribution in [1.82, 2.24) is 0 Å². The summed E-state index contributed by atoms with van der Waals surface area (Å²) in [6.07, 6.45) is 5.63. The molecule has 0 aromatic heterocycles. The fourth-order valence-corrected chi connectivity index (χ4v) is 4.56. The molecule has 0 saturated carbocycles. The topological polar surface area (TPSA) is 43.1 Å². The maximum absolute atomic E-state index is 10.2. The second-order valence-corrected chi connectivity index (χ2v) is 10.5. The van der Waals surface area contributed by atoms with E-state index in [1.54, 1.807) is 44.1 Å². The van der Waals surface area contributed by atoms with Gasteiger partial charge in [-0.15, -0.1) is 0 Å². The van der Waals surface area contributed by atoms with Crippen LogP contribution in [0, 0.1) is 5.41 Å². The van der Waals surface area contributed by atoms with E-state index in [0.29, 0.717) is 0 Å². The first-order chi connectivity index (χ1) is 11.1. The van der Waals surface area contributed by atoms with Crippen LogP contribution < -0.4 is 5.73 Å². The average Bonchev–Trinajstić information content (AvgIpc) is 2.83. The first-order valence-electron chi connectivity index (χ1n) is 8.36. The molecule has 1 aliphatic carbocycles. The summed E-state index contributed by atoms with van der Waals surface area (Å²) in [6.45, 7) is 19.2. The minimum atomic E-state index is -0.586. The van der Waals surface area contributed by atoms with Gasteiger partial charge in [0.2, 0.25) is 5.91 Å². The van der Waals surface area contributed by atoms with Crippen LogP contribution in [0.2, 0.25) is 13.1 Å². The SMILES string of the molecule is C=CC=C.CC(C)(C)C(N)=O.CC1=Cc2ccccc2C1[SiH](C)C. The number of rotatable bonds is 2. The Hall–Kier alpha value is -1.87. The van der Waals surface area contributed by atoms with Gasteiger partial charge in [0, 0.05) is 14.2 Å². The fraction of sp³-hybridized carbons (Fsp3) is 0.381. The number of allylic oxidation sites excluding steroid dienone is 3. The predicted molar refractivity (Wildman–Crippen MR) is 111 cm³/mol. The normalized spacial score (nSPS) is 15.1. The van der Waals surface area contributed by atoms with Crippen LogP contribution in [0.4, 0.5) is 0 Å². The Morgan fingerprint density at radius 3 is 2.00 bits per heavy atom. The summed E-state index contributed by atoms with van der Waals surface area (Å²) in [7, 11) is -0.586. The van der Waals surface area contributed by atoms with Gasteiger partial charge in [0.1, 0.15) is 0 Å². The zero-order valence-corrected chi connectivity index (χ0v) is 17.3. The van der Waals surface area contributed by atoms with Gasteiger partial charge in [-0.25, -0.2) is 0 Å². The molecule has 24 heavy (non-hydrogen) atoms. The van der Waals surface area contributed by atoms with Gasteiger partial charge in [-0.3, -0.25) is 4.79 Å². The van der Waals surface area contributed by atoms with Gasteiger partial charge in [-0.1, -0.05) is 95.1 Å². The predicted octanol–water partition coefficient (Wildman–Crippen LogP) is 5.09. The Bertz CT molecular complexity index is 588. The van der Waals surface area contributed by atoms with Gasteiger partial charge < -0.3 is 5.73 Å².